The summed E-state index contributed by atoms with van der Waals surface area (Å²) in [6, 6.07) is 5.89. The van der Waals surface area contributed by atoms with E-state index in [0.29, 0.717) is 12.4 Å². The molecule has 0 aliphatic heterocycles. The van der Waals surface area contributed by atoms with Crippen LogP contribution in [0.15, 0.2) is 23.4 Å². The van der Waals surface area contributed by atoms with E-state index in [4.69, 9.17) is 15.3 Å². The number of ether oxygens (including phenoxy) is 1. The van der Waals surface area contributed by atoms with Gasteiger partial charge in [-0.15, -0.1) is 0 Å². The first-order valence-electron chi connectivity index (χ1n) is 5.39. The van der Waals surface area contributed by atoms with E-state index in [9.17, 15) is 0 Å². The molecule has 0 saturated heterocycles. The Morgan fingerprint density at radius 1 is 1.47 bits per heavy atom. The summed E-state index contributed by atoms with van der Waals surface area (Å²) in [5.74, 6) is 1.27. The van der Waals surface area contributed by atoms with Gasteiger partial charge < -0.3 is 20.6 Å². The molecular weight excluding hydrogens is 218 g/mol. The number of oxime groups is 1. The first kappa shape index (κ1) is 13.3. The van der Waals surface area contributed by atoms with Crippen molar-refractivity contribution in [1.82, 2.24) is 5.32 Å². The molecule has 17 heavy (non-hydrogen) atoms. The summed E-state index contributed by atoms with van der Waals surface area (Å²) in [7, 11) is 3.55. The van der Waals surface area contributed by atoms with Gasteiger partial charge in [-0.3, -0.25) is 0 Å². The first-order chi connectivity index (χ1) is 8.17. The zero-order valence-electron chi connectivity index (χ0n) is 10.5. The lowest BCUT2D eigenvalue weighted by molar-refractivity contribution is 0.130. The summed E-state index contributed by atoms with van der Waals surface area (Å²) in [4.78, 5) is 5.09. The molecule has 5 heteroatoms. The highest BCUT2D eigenvalue weighted by Gasteiger charge is 2.03. The van der Waals surface area contributed by atoms with Crippen LogP contribution in [0.4, 0.5) is 0 Å². The minimum atomic E-state index is 0.398. The number of methoxy groups -OCH3 is 1. The fraction of sp³-hybridized carbons (Fsp3) is 0.417. The number of hydrogen-bond acceptors (Lipinski definition) is 4. The third-order valence-corrected chi connectivity index (χ3v) is 2.15. The Hall–Kier alpha value is -1.75. The molecule has 1 rings (SSSR count). The highest BCUT2D eigenvalue weighted by molar-refractivity contribution is 5.76. The van der Waals surface area contributed by atoms with Gasteiger partial charge in [0, 0.05) is 12.1 Å². The van der Waals surface area contributed by atoms with Crippen LogP contribution in [0.25, 0.3) is 0 Å². The minimum Gasteiger partial charge on any atom is -0.496 e. The van der Waals surface area contributed by atoms with Gasteiger partial charge >= 0.3 is 0 Å². The summed E-state index contributed by atoms with van der Waals surface area (Å²) >= 11 is 0. The quantitative estimate of drug-likeness (QED) is 0.443. The molecule has 0 amide bonds. The minimum absolute atomic E-state index is 0.398. The molecule has 0 spiro atoms. The summed E-state index contributed by atoms with van der Waals surface area (Å²) < 4.78 is 5.27. The highest BCUT2D eigenvalue weighted by Crippen LogP contribution is 2.20. The van der Waals surface area contributed by atoms with Crippen molar-refractivity contribution in [2.75, 3.05) is 14.2 Å². The number of rotatable bonds is 6. The maximum atomic E-state index is 5.37. The molecule has 0 aliphatic carbocycles. The lowest BCUT2D eigenvalue weighted by Gasteiger charge is -2.10. The van der Waals surface area contributed by atoms with Crippen LogP contribution >= 0.6 is 0 Å². The number of amidine groups is 1. The topological polar surface area (TPSA) is 68.9 Å². The van der Waals surface area contributed by atoms with Gasteiger partial charge in [-0.1, -0.05) is 11.2 Å². The number of nitrogens with zero attached hydrogens (tertiary/aromatic N) is 1. The number of nitrogens with one attached hydrogen (secondary N) is 1. The molecule has 0 atom stereocenters. The lowest BCUT2D eigenvalue weighted by atomic mass is 10.1. The van der Waals surface area contributed by atoms with Crippen molar-refractivity contribution in [2.45, 2.75) is 20.1 Å². The standard InChI is InChI=1S/C12H19N3O2/c1-9(13)15-17-8-10-4-5-12(16-3)11(6-10)7-14-2/h4-6,14H,7-8H2,1-3H3,(H2,13,15). The van der Waals surface area contributed by atoms with E-state index in [-0.39, 0.29) is 0 Å². The average molecular weight is 237 g/mol. The van der Waals surface area contributed by atoms with E-state index < -0.39 is 0 Å². The summed E-state index contributed by atoms with van der Waals surface area (Å²) in [5, 5.41) is 6.78. The molecule has 1 aromatic carbocycles. The van der Waals surface area contributed by atoms with Gasteiger partial charge in [-0.05, 0) is 31.7 Å². The van der Waals surface area contributed by atoms with Crippen LogP contribution in [-0.2, 0) is 18.0 Å². The van der Waals surface area contributed by atoms with E-state index in [0.717, 1.165) is 23.4 Å². The third-order valence-electron chi connectivity index (χ3n) is 2.15. The van der Waals surface area contributed by atoms with Gasteiger partial charge in [0.2, 0.25) is 0 Å². The second kappa shape index (κ2) is 6.75. The zero-order chi connectivity index (χ0) is 12.7. The van der Waals surface area contributed by atoms with E-state index >= 15 is 0 Å². The number of nitrogens with two attached hydrogens (primary N) is 1. The van der Waals surface area contributed by atoms with Gasteiger partial charge in [0.25, 0.3) is 0 Å². The van der Waals surface area contributed by atoms with Crippen molar-refractivity contribution in [3.05, 3.63) is 29.3 Å². The van der Waals surface area contributed by atoms with Gasteiger partial charge in [-0.25, -0.2) is 0 Å². The first-order valence-corrected chi connectivity index (χ1v) is 5.39. The summed E-state index contributed by atoms with van der Waals surface area (Å²) in [6.45, 7) is 2.83. The lowest BCUT2D eigenvalue weighted by Crippen LogP contribution is -2.08. The molecule has 0 fully saturated rings. The van der Waals surface area contributed by atoms with E-state index in [1.54, 1.807) is 14.0 Å². The van der Waals surface area contributed by atoms with Gasteiger partial charge in [0.1, 0.15) is 18.2 Å². The predicted octanol–water partition coefficient (Wildman–Crippen LogP) is 1.22. The molecule has 3 N–H and O–H groups in total. The van der Waals surface area contributed by atoms with Crippen LogP contribution in [0.5, 0.6) is 5.75 Å². The molecular formula is C12H19N3O2. The van der Waals surface area contributed by atoms with Crippen molar-refractivity contribution in [1.29, 1.82) is 0 Å². The Balaban J connectivity index is 2.73. The summed E-state index contributed by atoms with van der Waals surface area (Å²) in [6.07, 6.45) is 0. The van der Waals surface area contributed by atoms with Gasteiger partial charge in [-0.2, -0.15) is 0 Å². The van der Waals surface area contributed by atoms with Crippen LogP contribution in [0.3, 0.4) is 0 Å². The normalized spacial score (nSPS) is 11.4. The summed E-state index contributed by atoms with van der Waals surface area (Å²) in [5.41, 5.74) is 7.49. The Labute approximate surface area is 102 Å². The molecule has 94 valence electrons. The Morgan fingerprint density at radius 2 is 2.24 bits per heavy atom. The van der Waals surface area contributed by atoms with E-state index in [2.05, 4.69) is 10.5 Å². The van der Waals surface area contributed by atoms with Crippen LogP contribution in [0.2, 0.25) is 0 Å². The molecule has 0 unspecified atom stereocenters. The Kier molecular flexibility index (Phi) is 5.29. The van der Waals surface area contributed by atoms with Crippen LogP contribution in [0, 0.1) is 0 Å². The van der Waals surface area contributed by atoms with Crippen molar-refractivity contribution >= 4 is 5.84 Å². The molecule has 0 aromatic heterocycles. The maximum absolute atomic E-state index is 5.37. The van der Waals surface area contributed by atoms with Crippen LogP contribution in [-0.4, -0.2) is 20.0 Å². The average Bonchev–Trinajstić information content (AvgIpc) is 2.29. The van der Waals surface area contributed by atoms with Crippen molar-refractivity contribution in [3.8, 4) is 5.75 Å². The highest BCUT2D eigenvalue weighted by atomic mass is 16.6. The molecule has 0 radical (unpaired) electrons. The molecule has 1 aromatic rings. The molecule has 0 bridgehead atoms. The fourth-order valence-electron chi connectivity index (χ4n) is 1.46. The van der Waals surface area contributed by atoms with Crippen molar-refractivity contribution in [3.63, 3.8) is 0 Å². The van der Waals surface area contributed by atoms with Gasteiger partial charge in [0.15, 0.2) is 0 Å². The second-order valence-electron chi connectivity index (χ2n) is 3.68. The molecule has 0 saturated carbocycles. The molecule has 0 aliphatic rings. The molecule has 0 heterocycles. The van der Waals surface area contributed by atoms with Crippen LogP contribution in [0.1, 0.15) is 18.1 Å². The Bertz CT molecular complexity index is 387. The second-order valence-corrected chi connectivity index (χ2v) is 3.68. The molecule has 5 nitrogen and oxygen atoms in total. The fourth-order valence-corrected chi connectivity index (χ4v) is 1.46. The smallest absolute Gasteiger partial charge is 0.142 e. The van der Waals surface area contributed by atoms with Gasteiger partial charge in [0.05, 0.1) is 7.11 Å². The number of hydrogen-bond donors (Lipinski definition) is 2. The van der Waals surface area contributed by atoms with Crippen LogP contribution < -0.4 is 15.8 Å². The van der Waals surface area contributed by atoms with Crippen molar-refractivity contribution in [2.24, 2.45) is 10.9 Å². The maximum Gasteiger partial charge on any atom is 0.142 e. The van der Waals surface area contributed by atoms with E-state index in [1.807, 2.05) is 25.2 Å². The Morgan fingerprint density at radius 3 is 2.82 bits per heavy atom. The monoisotopic (exact) mass is 237 g/mol. The third kappa shape index (κ3) is 4.32. The largest absolute Gasteiger partial charge is 0.496 e. The number of benzene rings is 1. The van der Waals surface area contributed by atoms with E-state index in [1.165, 1.54) is 0 Å². The SMILES string of the molecule is CNCc1cc(CO/N=C(/C)N)ccc1OC. The zero-order valence-corrected chi connectivity index (χ0v) is 10.5. The van der Waals surface area contributed by atoms with Crippen molar-refractivity contribution < 1.29 is 9.57 Å². The predicted molar refractivity (Wildman–Crippen MR) is 67.8 cm³/mol.